The summed E-state index contributed by atoms with van der Waals surface area (Å²) >= 11 is 17.8. The molecule has 14 heteroatoms. The second-order valence-electron chi connectivity index (χ2n) is 7.19. The largest absolute Gasteiger partial charge is 0.460 e. The molecule has 0 saturated carbocycles. The topological polar surface area (TPSA) is 122 Å². The van der Waals surface area contributed by atoms with Crippen molar-refractivity contribution in [2.24, 2.45) is 0 Å². The van der Waals surface area contributed by atoms with Crippen LogP contribution in [0.3, 0.4) is 0 Å². The summed E-state index contributed by atoms with van der Waals surface area (Å²) in [7, 11) is -4.06. The molecule has 2 aliphatic heterocycles. The average molecular weight is 543 g/mol. The normalized spacial score (nSPS) is 25.2. The Morgan fingerprint density at radius 2 is 1.88 bits per heavy atom. The maximum Gasteiger partial charge on any atom is 0.328 e. The van der Waals surface area contributed by atoms with Crippen LogP contribution in [0.15, 0.2) is 41.4 Å². The third-order valence-electron chi connectivity index (χ3n) is 4.76. The van der Waals surface area contributed by atoms with Gasteiger partial charge in [0.25, 0.3) is 0 Å². The first kappa shape index (κ1) is 25.1. The van der Waals surface area contributed by atoms with E-state index in [1.54, 1.807) is 0 Å². The lowest BCUT2D eigenvalue weighted by molar-refractivity contribution is -0.146. The van der Waals surface area contributed by atoms with E-state index in [-0.39, 0.29) is 16.5 Å². The molecule has 3 rings (SSSR count). The number of esters is 1. The Morgan fingerprint density at radius 3 is 2.41 bits per heavy atom. The lowest BCUT2D eigenvalue weighted by Gasteiger charge is -2.41. The molecule has 2 fully saturated rings. The molecule has 0 aromatic heterocycles. The van der Waals surface area contributed by atoms with Gasteiger partial charge in [0.1, 0.15) is 18.0 Å². The molecule has 2 amide bonds. The van der Waals surface area contributed by atoms with Crippen molar-refractivity contribution < 1.29 is 27.5 Å². The third-order valence-corrected chi connectivity index (χ3v) is 8.15. The van der Waals surface area contributed by atoms with Crippen molar-refractivity contribution in [2.75, 3.05) is 11.9 Å². The summed E-state index contributed by atoms with van der Waals surface area (Å²) in [6.45, 7) is 6.13. The van der Waals surface area contributed by atoms with Crippen molar-refractivity contribution >= 4 is 80.1 Å². The van der Waals surface area contributed by atoms with Gasteiger partial charge in [-0.25, -0.2) is 8.42 Å². The lowest BCUT2D eigenvalue weighted by atomic mass is 10.0. The Morgan fingerprint density at radius 1 is 1.28 bits per heavy atom. The zero-order valence-corrected chi connectivity index (χ0v) is 20.6. The number of hydrogen-bond acceptors (Lipinski definition) is 7. The van der Waals surface area contributed by atoms with Crippen molar-refractivity contribution in [2.45, 2.75) is 38.7 Å². The summed E-state index contributed by atoms with van der Waals surface area (Å²) in [6, 6.07) is 4.34. The lowest BCUT2D eigenvalue weighted by Crippen LogP contribution is -2.66. The number of halogens is 3. The zero-order chi connectivity index (χ0) is 24.1. The molecule has 1 aromatic rings. The van der Waals surface area contributed by atoms with Gasteiger partial charge >= 0.3 is 5.97 Å². The van der Waals surface area contributed by atoms with Gasteiger partial charge in [0.05, 0.1) is 4.90 Å². The Labute approximate surface area is 203 Å². The number of nitrogens with one attached hydrogen (secondary N) is 2. The molecular weight excluding hydrogens is 525 g/mol. The number of anilines is 1. The first-order valence-electron chi connectivity index (χ1n) is 9.00. The molecule has 2 saturated heterocycles. The van der Waals surface area contributed by atoms with Gasteiger partial charge in [-0.1, -0.05) is 41.4 Å². The first-order valence-corrected chi connectivity index (χ1v) is 12.5. The maximum atomic E-state index is 12.8. The predicted molar refractivity (Wildman–Crippen MR) is 122 cm³/mol. The number of fused-ring (bicyclic) bond motifs is 1. The molecule has 3 atom stereocenters. The van der Waals surface area contributed by atoms with Gasteiger partial charge in [-0.15, -0.1) is 11.8 Å². The molecule has 2 aliphatic rings. The first-order chi connectivity index (χ1) is 14.7. The van der Waals surface area contributed by atoms with Gasteiger partial charge in [-0.3, -0.25) is 19.3 Å². The van der Waals surface area contributed by atoms with Crippen molar-refractivity contribution in [3.05, 3.63) is 36.5 Å². The summed E-state index contributed by atoms with van der Waals surface area (Å²) in [5, 5.41) is 1.83. The smallest absolute Gasteiger partial charge is 0.328 e. The van der Waals surface area contributed by atoms with E-state index < -0.39 is 48.5 Å². The van der Waals surface area contributed by atoms with E-state index in [9.17, 15) is 22.8 Å². The average Bonchev–Trinajstić information content (AvgIpc) is 2.93. The maximum absolute atomic E-state index is 12.8. The molecule has 0 aliphatic carbocycles. The summed E-state index contributed by atoms with van der Waals surface area (Å²) < 4.78 is 29.7. The second kappa shape index (κ2) is 8.69. The quantitative estimate of drug-likeness (QED) is 0.321. The van der Waals surface area contributed by atoms with Gasteiger partial charge in [-0.2, -0.15) is 4.72 Å². The number of hydrogen-bond donors (Lipinski definition) is 2. The predicted octanol–water partition coefficient (Wildman–Crippen LogP) is 2.39. The number of benzene rings is 1. The minimum atomic E-state index is -4.06. The number of β-lactam (4-membered cyclic amide) rings is 1. The van der Waals surface area contributed by atoms with Crippen LogP contribution in [0.5, 0.6) is 0 Å². The highest BCUT2D eigenvalue weighted by molar-refractivity contribution is 8.02. The monoisotopic (exact) mass is 541 g/mol. The number of amides is 2. The van der Waals surface area contributed by atoms with Crippen LogP contribution < -0.4 is 10.0 Å². The van der Waals surface area contributed by atoms with Gasteiger partial charge in [0.15, 0.2) is 4.75 Å². The van der Waals surface area contributed by atoms with Crippen LogP contribution in [0.25, 0.3) is 0 Å². The highest BCUT2D eigenvalue weighted by atomic mass is 35.6. The van der Waals surface area contributed by atoms with Crippen LogP contribution >= 0.6 is 46.6 Å². The van der Waals surface area contributed by atoms with E-state index in [0.29, 0.717) is 5.69 Å². The van der Waals surface area contributed by atoms with Gasteiger partial charge in [0, 0.05) is 18.3 Å². The molecule has 0 radical (unpaired) electrons. The Bertz CT molecular complexity index is 1090. The van der Waals surface area contributed by atoms with Crippen molar-refractivity contribution in [3.63, 3.8) is 0 Å². The van der Waals surface area contributed by atoms with E-state index in [2.05, 4.69) is 16.6 Å². The van der Waals surface area contributed by atoms with Crippen LogP contribution in [0.2, 0.25) is 0 Å². The number of nitrogens with zero attached hydrogens (tertiary/aromatic N) is 1. The number of thioether (sulfide) groups is 1. The number of carbonyl (C=O) groups is 3. The fourth-order valence-electron chi connectivity index (χ4n) is 3.13. The Hall–Kier alpha value is -1.50. The Kier molecular flexibility index (Phi) is 6.83. The van der Waals surface area contributed by atoms with E-state index in [0.717, 1.165) is 11.8 Å². The van der Waals surface area contributed by atoms with Crippen LogP contribution in [-0.4, -0.2) is 57.7 Å². The van der Waals surface area contributed by atoms with Crippen molar-refractivity contribution in [1.82, 2.24) is 9.62 Å². The molecule has 0 spiro atoms. The molecule has 174 valence electrons. The molecule has 9 nitrogen and oxygen atoms in total. The van der Waals surface area contributed by atoms with Crippen LogP contribution in [-0.2, 0) is 29.1 Å². The third kappa shape index (κ3) is 4.87. The highest BCUT2D eigenvalue weighted by Crippen LogP contribution is 2.53. The van der Waals surface area contributed by atoms with E-state index in [1.807, 2.05) is 0 Å². The molecule has 32 heavy (non-hydrogen) atoms. The van der Waals surface area contributed by atoms with E-state index >= 15 is 0 Å². The molecule has 2 unspecified atom stereocenters. The molecule has 1 aromatic carbocycles. The molecular formula is C18H18Cl3N3O6S2. The van der Waals surface area contributed by atoms with E-state index in [1.165, 1.54) is 43.0 Å². The van der Waals surface area contributed by atoms with E-state index in [4.69, 9.17) is 39.5 Å². The summed E-state index contributed by atoms with van der Waals surface area (Å²) in [6.07, 6.45) is 0. The van der Waals surface area contributed by atoms with Crippen molar-refractivity contribution in [1.29, 1.82) is 0 Å². The van der Waals surface area contributed by atoms with Gasteiger partial charge < -0.3 is 10.1 Å². The second-order valence-corrected chi connectivity index (χ2v) is 13.0. The number of ether oxygens (including phenoxy) is 1. The number of carbonyl (C=O) groups excluding carboxylic acids is 3. The fourth-order valence-corrected chi connectivity index (χ4v) is 6.10. The zero-order valence-electron chi connectivity index (χ0n) is 16.7. The molecule has 0 bridgehead atoms. The van der Waals surface area contributed by atoms with Crippen molar-refractivity contribution in [3.8, 4) is 0 Å². The summed E-state index contributed by atoms with van der Waals surface area (Å²) in [4.78, 5) is 37.5. The number of alkyl halides is 3. The fraction of sp³-hybridized carbons (Fsp3) is 0.389. The highest BCUT2D eigenvalue weighted by Gasteiger charge is 2.63. The minimum Gasteiger partial charge on any atom is -0.460 e. The van der Waals surface area contributed by atoms with Gasteiger partial charge in [0.2, 0.25) is 25.6 Å². The molecule has 2 N–H and O–H groups in total. The van der Waals surface area contributed by atoms with Gasteiger partial charge in [-0.05, 0) is 31.2 Å². The Balaban J connectivity index is 1.72. The molecule has 2 heterocycles. The number of sulfonamides is 1. The van der Waals surface area contributed by atoms with Crippen LogP contribution in [0.1, 0.15) is 13.8 Å². The SMILES string of the molecule is C=C1N2C(=O)C(NS(=O)(=O)c3ccc(NC(C)=O)cc3)[C@H]2SC1(C)C(=O)OCC(Cl)(Cl)Cl. The summed E-state index contributed by atoms with van der Waals surface area (Å²) in [5.41, 5.74) is 0.580. The number of rotatable bonds is 6. The minimum absolute atomic E-state index is 0.0930. The van der Waals surface area contributed by atoms with Crippen LogP contribution in [0, 0.1) is 0 Å². The standard InChI is InChI=1S/C18H18Cl3N3O6S2/c1-9-17(3,16(27)30-8-18(19,20)21)31-15-13(14(26)24(9)15)23-32(28,29)12-6-4-11(5-7-12)22-10(2)25/h4-7,13,15,23H,1,8H2,2-3H3,(H,22,25)/t13?,15-,17?/m1/s1. The summed E-state index contributed by atoms with van der Waals surface area (Å²) in [5.74, 6) is -1.62. The van der Waals surface area contributed by atoms with Crippen LogP contribution in [0.4, 0.5) is 5.69 Å².